The van der Waals surface area contributed by atoms with E-state index in [1.165, 1.54) is 31.2 Å². The van der Waals surface area contributed by atoms with E-state index in [4.69, 9.17) is 0 Å². The fourth-order valence-electron chi connectivity index (χ4n) is 2.31. The van der Waals surface area contributed by atoms with Gasteiger partial charge < -0.3 is 0 Å². The summed E-state index contributed by atoms with van der Waals surface area (Å²) in [6, 6.07) is 13.5. The van der Waals surface area contributed by atoms with Crippen molar-refractivity contribution in [2.45, 2.75) is 38.1 Å². The molecule has 4 nitrogen and oxygen atoms in total. The number of aryl methyl sites for hydroxylation is 1. The highest BCUT2D eigenvalue weighted by molar-refractivity contribution is 7.89. The van der Waals surface area contributed by atoms with E-state index < -0.39 is 10.0 Å². The van der Waals surface area contributed by atoms with Gasteiger partial charge in [0.25, 0.3) is 0 Å². The molecule has 0 spiro atoms. The van der Waals surface area contributed by atoms with Crippen LogP contribution in [0.25, 0.3) is 0 Å². The van der Waals surface area contributed by atoms with Crippen LogP contribution in [-0.2, 0) is 10.0 Å². The van der Waals surface area contributed by atoms with E-state index in [1.54, 1.807) is 0 Å². The van der Waals surface area contributed by atoms with Gasteiger partial charge in [-0.15, -0.1) is 0 Å². The third-order valence-electron chi connectivity index (χ3n) is 3.76. The molecule has 23 heavy (non-hydrogen) atoms. The summed E-state index contributed by atoms with van der Waals surface area (Å²) < 4.78 is 27.8. The molecule has 2 aromatic carbocycles. The Morgan fingerprint density at radius 2 is 1.61 bits per heavy atom. The number of sulfonamides is 1. The monoisotopic (exact) mass is 331 g/mol. The van der Waals surface area contributed by atoms with Crippen LogP contribution in [0.3, 0.4) is 0 Å². The lowest BCUT2D eigenvalue weighted by Gasteiger charge is -2.18. The van der Waals surface area contributed by atoms with Crippen molar-refractivity contribution in [2.24, 2.45) is 0 Å². The summed E-state index contributed by atoms with van der Waals surface area (Å²) in [6.07, 6.45) is 0.647. The number of carbonyl (C=O) groups excluding carboxylic acids is 1. The van der Waals surface area contributed by atoms with Crippen LogP contribution in [0.1, 0.15) is 47.8 Å². The van der Waals surface area contributed by atoms with Gasteiger partial charge in [0.2, 0.25) is 10.0 Å². The maximum Gasteiger partial charge on any atom is 0.241 e. The summed E-state index contributed by atoms with van der Waals surface area (Å²) in [4.78, 5) is 11.4. The molecule has 0 fully saturated rings. The third kappa shape index (κ3) is 4.27. The number of nitrogens with one attached hydrogen (secondary N) is 1. The van der Waals surface area contributed by atoms with Crippen molar-refractivity contribution in [3.8, 4) is 0 Å². The molecule has 0 radical (unpaired) electrons. The average Bonchev–Trinajstić information content (AvgIpc) is 2.53. The van der Waals surface area contributed by atoms with E-state index in [-0.39, 0.29) is 16.7 Å². The molecule has 0 saturated carbocycles. The summed E-state index contributed by atoms with van der Waals surface area (Å²) in [5, 5.41) is 0. The summed E-state index contributed by atoms with van der Waals surface area (Å²) >= 11 is 0. The zero-order valence-corrected chi connectivity index (χ0v) is 14.4. The molecule has 0 heterocycles. The van der Waals surface area contributed by atoms with Crippen molar-refractivity contribution in [1.29, 1.82) is 0 Å². The van der Waals surface area contributed by atoms with Crippen LogP contribution >= 0.6 is 0 Å². The lowest BCUT2D eigenvalue weighted by molar-refractivity contribution is 0.101. The Bertz CT molecular complexity index is 778. The first kappa shape index (κ1) is 17.4. The third-order valence-corrected chi connectivity index (χ3v) is 5.24. The highest BCUT2D eigenvalue weighted by Crippen LogP contribution is 2.21. The van der Waals surface area contributed by atoms with Gasteiger partial charge in [-0.1, -0.05) is 48.9 Å². The SMILES string of the molecule is CC[C@@H](NS(=O)(=O)c1ccc(C(C)=O)cc1)c1ccc(C)cc1. The van der Waals surface area contributed by atoms with Gasteiger partial charge in [-0.2, -0.15) is 0 Å². The molecule has 1 N–H and O–H groups in total. The fourth-order valence-corrected chi connectivity index (χ4v) is 3.62. The highest BCUT2D eigenvalue weighted by Gasteiger charge is 2.20. The molecular weight excluding hydrogens is 310 g/mol. The Hall–Kier alpha value is -1.98. The van der Waals surface area contributed by atoms with Crippen molar-refractivity contribution in [3.63, 3.8) is 0 Å². The van der Waals surface area contributed by atoms with Crippen LogP contribution < -0.4 is 4.72 Å². The summed E-state index contributed by atoms with van der Waals surface area (Å²) in [5.41, 5.74) is 2.56. The maximum absolute atomic E-state index is 12.5. The Kier molecular flexibility index (Phi) is 5.34. The molecule has 0 aliphatic heterocycles. The van der Waals surface area contributed by atoms with Crippen LogP contribution in [0.5, 0.6) is 0 Å². The predicted octanol–water partition coefficient (Wildman–Crippen LogP) is 3.63. The topological polar surface area (TPSA) is 63.2 Å². The number of Topliss-reactive ketones (excluding diaryl/α,β-unsaturated/α-hetero) is 1. The average molecular weight is 331 g/mol. The summed E-state index contributed by atoms with van der Waals surface area (Å²) in [6.45, 7) is 5.38. The number of carbonyl (C=O) groups is 1. The van der Waals surface area contributed by atoms with Crippen molar-refractivity contribution >= 4 is 15.8 Å². The van der Waals surface area contributed by atoms with Crippen LogP contribution in [0.15, 0.2) is 53.4 Å². The zero-order valence-electron chi connectivity index (χ0n) is 13.5. The smallest absolute Gasteiger partial charge is 0.241 e. The second kappa shape index (κ2) is 7.06. The number of benzene rings is 2. The molecule has 122 valence electrons. The molecule has 2 aromatic rings. The second-order valence-electron chi connectivity index (χ2n) is 5.57. The van der Waals surface area contributed by atoms with Gasteiger partial charge >= 0.3 is 0 Å². The molecule has 1 atom stereocenters. The van der Waals surface area contributed by atoms with Gasteiger partial charge in [0.05, 0.1) is 4.90 Å². The molecule has 0 amide bonds. The molecule has 0 aliphatic carbocycles. The first-order chi connectivity index (χ1) is 10.8. The van der Waals surface area contributed by atoms with Gasteiger partial charge in [-0.05, 0) is 38.0 Å². The molecule has 5 heteroatoms. The Balaban J connectivity index is 2.24. The lowest BCUT2D eigenvalue weighted by atomic mass is 10.0. The Morgan fingerprint density at radius 1 is 1.04 bits per heavy atom. The van der Waals surface area contributed by atoms with E-state index in [0.717, 1.165) is 11.1 Å². The molecule has 0 aromatic heterocycles. The summed E-state index contributed by atoms with van der Waals surface area (Å²) in [7, 11) is -3.63. The normalized spacial score (nSPS) is 12.8. The predicted molar refractivity (Wildman–Crippen MR) is 91.0 cm³/mol. The maximum atomic E-state index is 12.5. The van der Waals surface area contributed by atoms with E-state index >= 15 is 0 Å². The molecule has 2 rings (SSSR count). The highest BCUT2D eigenvalue weighted by atomic mass is 32.2. The van der Waals surface area contributed by atoms with Crippen LogP contribution in [-0.4, -0.2) is 14.2 Å². The van der Waals surface area contributed by atoms with Crippen molar-refractivity contribution in [1.82, 2.24) is 4.72 Å². The largest absolute Gasteiger partial charge is 0.295 e. The molecule has 0 aliphatic rings. The first-order valence-electron chi connectivity index (χ1n) is 7.53. The van der Waals surface area contributed by atoms with Gasteiger partial charge in [0, 0.05) is 11.6 Å². The minimum absolute atomic E-state index is 0.0898. The quantitative estimate of drug-likeness (QED) is 0.822. The van der Waals surface area contributed by atoms with E-state index in [9.17, 15) is 13.2 Å². The van der Waals surface area contributed by atoms with Crippen molar-refractivity contribution < 1.29 is 13.2 Å². The number of rotatable bonds is 6. The molecule has 0 bridgehead atoms. The molecule has 0 saturated heterocycles. The van der Waals surface area contributed by atoms with Crippen LogP contribution in [0.2, 0.25) is 0 Å². The van der Waals surface area contributed by atoms with E-state index in [0.29, 0.717) is 12.0 Å². The van der Waals surface area contributed by atoms with Crippen molar-refractivity contribution in [2.75, 3.05) is 0 Å². The lowest BCUT2D eigenvalue weighted by Crippen LogP contribution is -2.28. The Labute approximate surface area is 137 Å². The fraction of sp³-hybridized carbons (Fsp3) is 0.278. The van der Waals surface area contributed by atoms with Gasteiger partial charge in [0.1, 0.15) is 0 Å². The van der Waals surface area contributed by atoms with Crippen LogP contribution in [0, 0.1) is 6.92 Å². The minimum Gasteiger partial charge on any atom is -0.295 e. The zero-order chi connectivity index (χ0) is 17.0. The number of hydrogen-bond donors (Lipinski definition) is 1. The van der Waals surface area contributed by atoms with E-state index in [1.807, 2.05) is 38.1 Å². The van der Waals surface area contributed by atoms with Crippen molar-refractivity contribution in [3.05, 3.63) is 65.2 Å². The molecular formula is C18H21NO3S. The number of hydrogen-bond acceptors (Lipinski definition) is 3. The number of ketones is 1. The molecule has 0 unspecified atom stereocenters. The Morgan fingerprint density at radius 3 is 2.09 bits per heavy atom. The first-order valence-corrected chi connectivity index (χ1v) is 9.01. The standard InChI is InChI=1S/C18H21NO3S/c1-4-18(16-7-5-13(2)6-8-16)19-23(21,22)17-11-9-15(10-12-17)14(3)20/h5-12,18-19H,4H2,1-3H3/t18-/m1/s1. The minimum atomic E-state index is -3.63. The van der Waals surface area contributed by atoms with Gasteiger partial charge in [0.15, 0.2) is 5.78 Å². The second-order valence-corrected chi connectivity index (χ2v) is 7.29. The van der Waals surface area contributed by atoms with Gasteiger partial charge in [-0.3, -0.25) is 4.79 Å². The van der Waals surface area contributed by atoms with Crippen LogP contribution in [0.4, 0.5) is 0 Å². The van der Waals surface area contributed by atoms with E-state index in [2.05, 4.69) is 4.72 Å². The van der Waals surface area contributed by atoms with Gasteiger partial charge in [-0.25, -0.2) is 13.1 Å². The summed E-state index contributed by atoms with van der Waals surface area (Å²) in [5.74, 6) is -0.0898.